The number of primary amides is 1. The molecule has 21 heavy (non-hydrogen) atoms. The molecule has 0 aromatic heterocycles. The maximum Gasteiger partial charge on any atom is 0.318 e. The molecular formula is C15H21N3O3. The third-order valence-corrected chi connectivity index (χ3v) is 3.42. The summed E-state index contributed by atoms with van der Waals surface area (Å²) in [4.78, 5) is 25.1. The summed E-state index contributed by atoms with van der Waals surface area (Å²) in [5, 5.41) is 2.77. The lowest BCUT2D eigenvalue weighted by molar-refractivity contribution is -0.121. The highest BCUT2D eigenvalue weighted by Gasteiger charge is 2.39. The molecule has 6 nitrogen and oxygen atoms in total. The Morgan fingerprint density at radius 2 is 2.10 bits per heavy atom. The molecule has 6 heteroatoms. The van der Waals surface area contributed by atoms with E-state index in [0.29, 0.717) is 19.5 Å². The molecule has 2 atom stereocenters. The number of nitrogens with zero attached hydrogens (tertiary/aromatic N) is 1. The van der Waals surface area contributed by atoms with Gasteiger partial charge in [-0.1, -0.05) is 25.1 Å². The number of nitrogens with two attached hydrogens (primary N) is 1. The van der Waals surface area contributed by atoms with Crippen molar-refractivity contribution in [1.82, 2.24) is 10.2 Å². The fourth-order valence-electron chi connectivity index (χ4n) is 2.40. The molecule has 0 spiro atoms. The molecule has 0 unspecified atom stereocenters. The van der Waals surface area contributed by atoms with E-state index >= 15 is 0 Å². The molecule has 0 saturated carbocycles. The molecule has 0 radical (unpaired) electrons. The van der Waals surface area contributed by atoms with Crippen LogP contribution in [0.15, 0.2) is 30.3 Å². The number of likely N-dealkylation sites (tertiary alicyclic amines) is 1. The Balaban J connectivity index is 2.01. The van der Waals surface area contributed by atoms with Gasteiger partial charge in [0.15, 0.2) is 0 Å². The normalized spacial score (nSPS) is 21.1. The predicted molar refractivity (Wildman–Crippen MR) is 78.9 cm³/mol. The molecule has 114 valence electrons. The maximum absolute atomic E-state index is 12.1. The summed E-state index contributed by atoms with van der Waals surface area (Å²) in [6, 6.07) is 8.47. The van der Waals surface area contributed by atoms with Gasteiger partial charge in [0.05, 0.1) is 6.54 Å². The van der Waals surface area contributed by atoms with Crippen LogP contribution in [-0.4, -0.2) is 42.1 Å². The lowest BCUT2D eigenvalue weighted by atomic mass is 10.2. The average molecular weight is 291 g/mol. The molecule has 1 fully saturated rings. The smallest absolute Gasteiger partial charge is 0.318 e. The molecule has 1 aliphatic heterocycles. The molecule has 1 aromatic rings. The number of rotatable bonds is 5. The SMILES string of the molecule is CCCNC(=O)N1C[C@@H](Oc2ccccc2)C[C@H]1C(N)=O. The van der Waals surface area contributed by atoms with Crippen LogP contribution in [0.1, 0.15) is 19.8 Å². The Kier molecular flexibility index (Phi) is 5.03. The van der Waals surface area contributed by atoms with E-state index in [0.717, 1.165) is 12.2 Å². The largest absolute Gasteiger partial charge is 0.488 e. The van der Waals surface area contributed by atoms with Gasteiger partial charge in [-0.3, -0.25) is 4.79 Å². The summed E-state index contributed by atoms with van der Waals surface area (Å²) in [5.41, 5.74) is 5.39. The number of nitrogens with one attached hydrogen (secondary N) is 1. The lowest BCUT2D eigenvalue weighted by Gasteiger charge is -2.22. The second-order valence-electron chi connectivity index (χ2n) is 5.09. The molecular weight excluding hydrogens is 270 g/mol. The van der Waals surface area contributed by atoms with Crippen LogP contribution in [0.3, 0.4) is 0 Å². The number of ether oxygens (including phenoxy) is 1. The van der Waals surface area contributed by atoms with Gasteiger partial charge in [0.1, 0.15) is 17.9 Å². The summed E-state index contributed by atoms with van der Waals surface area (Å²) in [5.74, 6) is 0.224. The highest BCUT2D eigenvalue weighted by Crippen LogP contribution is 2.23. The number of amides is 3. The van der Waals surface area contributed by atoms with E-state index < -0.39 is 11.9 Å². The second-order valence-corrected chi connectivity index (χ2v) is 5.09. The van der Waals surface area contributed by atoms with Crippen molar-refractivity contribution in [3.05, 3.63) is 30.3 Å². The van der Waals surface area contributed by atoms with Gasteiger partial charge < -0.3 is 20.7 Å². The lowest BCUT2D eigenvalue weighted by Crippen LogP contribution is -2.48. The van der Waals surface area contributed by atoms with Crippen molar-refractivity contribution in [1.29, 1.82) is 0 Å². The van der Waals surface area contributed by atoms with Crippen LogP contribution in [0, 0.1) is 0 Å². The summed E-state index contributed by atoms with van der Waals surface area (Å²) >= 11 is 0. The van der Waals surface area contributed by atoms with E-state index in [1.54, 1.807) is 0 Å². The van der Waals surface area contributed by atoms with Gasteiger partial charge in [-0.15, -0.1) is 0 Å². The van der Waals surface area contributed by atoms with Crippen molar-refractivity contribution in [2.45, 2.75) is 31.9 Å². The van der Waals surface area contributed by atoms with Crippen molar-refractivity contribution >= 4 is 11.9 Å². The van der Waals surface area contributed by atoms with E-state index in [-0.39, 0.29) is 12.1 Å². The number of carbonyl (C=O) groups is 2. The highest BCUT2D eigenvalue weighted by molar-refractivity contribution is 5.86. The Labute approximate surface area is 124 Å². The molecule has 1 aliphatic rings. The predicted octanol–water partition coefficient (Wildman–Crippen LogP) is 1.11. The summed E-state index contributed by atoms with van der Waals surface area (Å²) in [7, 11) is 0. The van der Waals surface area contributed by atoms with Crippen molar-refractivity contribution < 1.29 is 14.3 Å². The van der Waals surface area contributed by atoms with Gasteiger partial charge in [-0.25, -0.2) is 4.79 Å². The quantitative estimate of drug-likeness (QED) is 0.852. The summed E-state index contributed by atoms with van der Waals surface area (Å²) in [6.45, 7) is 2.90. The average Bonchev–Trinajstić information content (AvgIpc) is 2.90. The Bertz CT molecular complexity index is 492. The van der Waals surface area contributed by atoms with Gasteiger partial charge in [-0.2, -0.15) is 0 Å². The van der Waals surface area contributed by atoms with Crippen LogP contribution >= 0.6 is 0 Å². The Morgan fingerprint density at radius 1 is 1.38 bits per heavy atom. The third kappa shape index (κ3) is 3.87. The zero-order chi connectivity index (χ0) is 15.2. The van der Waals surface area contributed by atoms with E-state index in [1.165, 1.54) is 4.90 Å². The first-order valence-electron chi connectivity index (χ1n) is 7.17. The molecule has 2 rings (SSSR count). The minimum absolute atomic E-state index is 0.225. The Morgan fingerprint density at radius 3 is 2.71 bits per heavy atom. The molecule has 1 saturated heterocycles. The number of hydrogen-bond acceptors (Lipinski definition) is 3. The highest BCUT2D eigenvalue weighted by atomic mass is 16.5. The van der Waals surface area contributed by atoms with E-state index in [4.69, 9.17) is 10.5 Å². The van der Waals surface area contributed by atoms with Gasteiger partial charge in [0.25, 0.3) is 0 Å². The number of hydrogen-bond donors (Lipinski definition) is 2. The number of para-hydroxylation sites is 1. The van der Waals surface area contributed by atoms with Crippen molar-refractivity contribution in [2.75, 3.05) is 13.1 Å². The van der Waals surface area contributed by atoms with Crippen LogP contribution in [0.5, 0.6) is 5.75 Å². The van der Waals surface area contributed by atoms with Crippen LogP contribution in [0.2, 0.25) is 0 Å². The van der Waals surface area contributed by atoms with E-state index in [2.05, 4.69) is 5.32 Å². The van der Waals surface area contributed by atoms with Crippen LogP contribution in [-0.2, 0) is 4.79 Å². The fourth-order valence-corrected chi connectivity index (χ4v) is 2.40. The number of carbonyl (C=O) groups excluding carboxylic acids is 2. The monoisotopic (exact) mass is 291 g/mol. The topological polar surface area (TPSA) is 84.7 Å². The minimum Gasteiger partial charge on any atom is -0.488 e. The van der Waals surface area contributed by atoms with Crippen molar-refractivity contribution in [3.63, 3.8) is 0 Å². The minimum atomic E-state index is -0.615. The zero-order valence-corrected chi connectivity index (χ0v) is 12.1. The first-order chi connectivity index (χ1) is 10.1. The van der Waals surface area contributed by atoms with Crippen LogP contribution in [0.25, 0.3) is 0 Å². The second kappa shape index (κ2) is 6.97. The zero-order valence-electron chi connectivity index (χ0n) is 12.1. The fraction of sp³-hybridized carbons (Fsp3) is 0.467. The van der Waals surface area contributed by atoms with Crippen molar-refractivity contribution in [2.24, 2.45) is 5.73 Å². The van der Waals surface area contributed by atoms with E-state index in [9.17, 15) is 9.59 Å². The summed E-state index contributed by atoms with van der Waals surface area (Å²) < 4.78 is 5.81. The summed E-state index contributed by atoms with van der Waals surface area (Å²) in [6.07, 6.45) is 1.03. The number of urea groups is 1. The first kappa shape index (κ1) is 15.2. The standard InChI is InChI=1S/C15H21N3O3/c1-2-8-17-15(20)18-10-12(9-13(18)14(16)19)21-11-6-4-3-5-7-11/h3-7,12-13H,2,8-10H2,1H3,(H2,16,19)(H,17,20)/t12-,13-/m0/s1. The van der Waals surface area contributed by atoms with Gasteiger partial charge in [0.2, 0.25) is 5.91 Å². The molecule has 0 bridgehead atoms. The third-order valence-electron chi connectivity index (χ3n) is 3.42. The molecule has 0 aliphatic carbocycles. The van der Waals surface area contributed by atoms with Crippen LogP contribution < -0.4 is 15.8 Å². The van der Waals surface area contributed by atoms with E-state index in [1.807, 2.05) is 37.3 Å². The van der Waals surface area contributed by atoms with Crippen LogP contribution in [0.4, 0.5) is 4.79 Å². The Hall–Kier alpha value is -2.24. The molecule has 3 N–H and O–H groups in total. The van der Waals surface area contributed by atoms with Gasteiger partial charge >= 0.3 is 6.03 Å². The van der Waals surface area contributed by atoms with Gasteiger partial charge in [0, 0.05) is 13.0 Å². The number of benzene rings is 1. The molecule has 1 heterocycles. The van der Waals surface area contributed by atoms with Gasteiger partial charge in [-0.05, 0) is 18.6 Å². The molecule has 3 amide bonds. The molecule has 1 aromatic carbocycles. The first-order valence-corrected chi connectivity index (χ1v) is 7.17. The van der Waals surface area contributed by atoms with Crippen molar-refractivity contribution in [3.8, 4) is 5.75 Å². The maximum atomic E-state index is 12.1.